The third-order valence-corrected chi connectivity index (χ3v) is 4.43. The molecule has 1 aromatic carbocycles. The van der Waals surface area contributed by atoms with E-state index in [0.717, 1.165) is 25.9 Å². The minimum atomic E-state index is -0.286. The predicted octanol–water partition coefficient (Wildman–Crippen LogP) is 1.72. The van der Waals surface area contributed by atoms with Crippen molar-refractivity contribution in [2.45, 2.75) is 19.8 Å². The Balaban J connectivity index is 1.53. The van der Waals surface area contributed by atoms with Gasteiger partial charge in [0.15, 0.2) is 0 Å². The van der Waals surface area contributed by atoms with Crippen LogP contribution in [0.2, 0.25) is 0 Å². The zero-order valence-electron chi connectivity index (χ0n) is 13.2. The van der Waals surface area contributed by atoms with Crippen molar-refractivity contribution < 1.29 is 14.4 Å². The molecule has 2 aliphatic rings. The summed E-state index contributed by atoms with van der Waals surface area (Å²) in [5.41, 5.74) is 0.877. The first-order valence-corrected chi connectivity index (χ1v) is 8.06. The second-order valence-corrected chi connectivity index (χ2v) is 6.23. The Bertz CT molecular complexity index is 609. The first kappa shape index (κ1) is 15.5. The lowest BCUT2D eigenvalue weighted by atomic mass is 10.0. The van der Waals surface area contributed by atoms with Gasteiger partial charge in [-0.25, -0.2) is 4.79 Å². The van der Waals surface area contributed by atoms with Gasteiger partial charge in [0.2, 0.25) is 0 Å². The van der Waals surface area contributed by atoms with Crippen LogP contribution in [0.5, 0.6) is 0 Å². The summed E-state index contributed by atoms with van der Waals surface area (Å²) >= 11 is 0. The Morgan fingerprint density at radius 3 is 2.48 bits per heavy atom. The molecule has 0 aromatic heterocycles. The minimum absolute atomic E-state index is 0.117. The van der Waals surface area contributed by atoms with Crippen LogP contribution in [-0.2, 0) is 0 Å². The molecular weight excluding hydrogens is 294 g/mol. The van der Waals surface area contributed by atoms with Gasteiger partial charge in [-0.3, -0.25) is 14.5 Å². The van der Waals surface area contributed by atoms with Crippen LogP contribution in [0.25, 0.3) is 0 Å². The Morgan fingerprint density at radius 1 is 1.22 bits per heavy atom. The third kappa shape index (κ3) is 3.06. The number of carbonyl (C=O) groups is 3. The molecule has 1 saturated heterocycles. The highest BCUT2D eigenvalue weighted by molar-refractivity contribution is 6.21. The Morgan fingerprint density at radius 2 is 1.87 bits per heavy atom. The fourth-order valence-corrected chi connectivity index (χ4v) is 3.20. The summed E-state index contributed by atoms with van der Waals surface area (Å²) in [4.78, 5) is 39.5. The summed E-state index contributed by atoms with van der Waals surface area (Å²) < 4.78 is 0. The van der Waals surface area contributed by atoms with Crippen molar-refractivity contribution in [3.63, 3.8) is 0 Å². The first-order chi connectivity index (χ1) is 11.1. The number of nitrogens with zero attached hydrogens (tertiary/aromatic N) is 2. The molecule has 0 bridgehead atoms. The molecule has 2 aliphatic heterocycles. The quantitative estimate of drug-likeness (QED) is 0.864. The number of urea groups is 1. The van der Waals surface area contributed by atoms with Gasteiger partial charge >= 0.3 is 6.03 Å². The first-order valence-electron chi connectivity index (χ1n) is 8.06. The van der Waals surface area contributed by atoms with Crippen LogP contribution >= 0.6 is 0 Å². The van der Waals surface area contributed by atoms with E-state index < -0.39 is 0 Å². The summed E-state index contributed by atoms with van der Waals surface area (Å²) in [6, 6.07) is 6.68. The summed E-state index contributed by atoms with van der Waals surface area (Å²) in [5.74, 6) is -0.0522. The van der Waals surface area contributed by atoms with Gasteiger partial charge in [-0.15, -0.1) is 0 Å². The molecule has 6 nitrogen and oxygen atoms in total. The second kappa shape index (κ2) is 6.40. The standard InChI is InChI=1S/C17H21N3O3/c1-12-5-4-9-19(11-12)17(23)18-8-10-20-15(21)13-6-2-3-7-14(13)16(20)22/h2-3,6-7,12H,4-5,8-11H2,1H3,(H,18,23). The topological polar surface area (TPSA) is 69.7 Å². The predicted molar refractivity (Wildman–Crippen MR) is 85.2 cm³/mol. The normalized spacial score (nSPS) is 20.7. The maximum atomic E-state index is 12.2. The summed E-state index contributed by atoms with van der Waals surface area (Å²) in [6.45, 7) is 4.14. The second-order valence-electron chi connectivity index (χ2n) is 6.23. The number of likely N-dealkylation sites (tertiary alicyclic amines) is 1. The molecule has 1 fully saturated rings. The molecule has 1 N–H and O–H groups in total. The van der Waals surface area contributed by atoms with Crippen molar-refractivity contribution in [3.8, 4) is 0 Å². The van der Waals surface area contributed by atoms with Crippen molar-refractivity contribution in [2.75, 3.05) is 26.2 Å². The van der Waals surface area contributed by atoms with E-state index >= 15 is 0 Å². The van der Waals surface area contributed by atoms with Gasteiger partial charge in [0.05, 0.1) is 11.1 Å². The number of rotatable bonds is 3. The molecule has 0 spiro atoms. The summed E-state index contributed by atoms with van der Waals surface area (Å²) in [6.07, 6.45) is 2.17. The largest absolute Gasteiger partial charge is 0.336 e. The Hall–Kier alpha value is -2.37. The van der Waals surface area contributed by atoms with E-state index in [0.29, 0.717) is 17.0 Å². The van der Waals surface area contributed by atoms with Gasteiger partial charge < -0.3 is 10.2 Å². The van der Waals surface area contributed by atoms with Crippen molar-refractivity contribution >= 4 is 17.8 Å². The summed E-state index contributed by atoms with van der Waals surface area (Å²) in [5, 5.41) is 2.81. The number of nitrogens with one attached hydrogen (secondary N) is 1. The molecular formula is C17H21N3O3. The monoisotopic (exact) mass is 315 g/mol. The number of carbonyl (C=O) groups excluding carboxylic acids is 3. The van der Waals surface area contributed by atoms with E-state index in [1.165, 1.54) is 4.90 Å². The highest BCUT2D eigenvalue weighted by Crippen LogP contribution is 2.21. The molecule has 4 amide bonds. The highest BCUT2D eigenvalue weighted by atomic mass is 16.2. The van der Waals surface area contributed by atoms with Crippen LogP contribution in [0.15, 0.2) is 24.3 Å². The van der Waals surface area contributed by atoms with Gasteiger partial charge in [-0.2, -0.15) is 0 Å². The maximum absolute atomic E-state index is 12.2. The molecule has 122 valence electrons. The number of hydrogen-bond acceptors (Lipinski definition) is 3. The zero-order chi connectivity index (χ0) is 16.4. The minimum Gasteiger partial charge on any atom is -0.336 e. The fraction of sp³-hybridized carbons (Fsp3) is 0.471. The van der Waals surface area contributed by atoms with E-state index in [-0.39, 0.29) is 30.9 Å². The van der Waals surface area contributed by atoms with Gasteiger partial charge in [0.25, 0.3) is 11.8 Å². The summed E-state index contributed by atoms with van der Waals surface area (Å²) in [7, 11) is 0. The molecule has 1 unspecified atom stereocenters. The molecule has 2 heterocycles. The number of hydrogen-bond donors (Lipinski definition) is 1. The molecule has 0 saturated carbocycles. The van der Waals surface area contributed by atoms with Crippen LogP contribution in [0.4, 0.5) is 4.79 Å². The van der Waals surface area contributed by atoms with E-state index in [1.54, 1.807) is 29.2 Å². The van der Waals surface area contributed by atoms with Crippen LogP contribution in [0.1, 0.15) is 40.5 Å². The number of imide groups is 1. The average Bonchev–Trinajstić information content (AvgIpc) is 2.80. The molecule has 23 heavy (non-hydrogen) atoms. The average molecular weight is 315 g/mol. The van der Waals surface area contributed by atoms with Crippen LogP contribution in [-0.4, -0.2) is 53.8 Å². The number of piperidine rings is 1. The van der Waals surface area contributed by atoms with Crippen molar-refractivity contribution in [1.82, 2.24) is 15.1 Å². The van der Waals surface area contributed by atoms with E-state index in [2.05, 4.69) is 12.2 Å². The van der Waals surface area contributed by atoms with Crippen LogP contribution < -0.4 is 5.32 Å². The molecule has 0 aliphatic carbocycles. The molecule has 3 rings (SSSR count). The van der Waals surface area contributed by atoms with E-state index in [1.807, 2.05) is 0 Å². The van der Waals surface area contributed by atoms with Gasteiger partial charge in [-0.05, 0) is 30.9 Å². The van der Waals surface area contributed by atoms with Crippen molar-refractivity contribution in [2.24, 2.45) is 5.92 Å². The number of fused-ring (bicyclic) bond motifs is 1. The van der Waals surface area contributed by atoms with E-state index in [4.69, 9.17) is 0 Å². The lowest BCUT2D eigenvalue weighted by Crippen LogP contribution is -2.47. The lowest BCUT2D eigenvalue weighted by molar-refractivity contribution is 0.0654. The van der Waals surface area contributed by atoms with Gasteiger partial charge in [0, 0.05) is 26.2 Å². The maximum Gasteiger partial charge on any atom is 0.317 e. The Kier molecular flexibility index (Phi) is 4.32. The van der Waals surface area contributed by atoms with E-state index in [9.17, 15) is 14.4 Å². The van der Waals surface area contributed by atoms with Gasteiger partial charge in [0.1, 0.15) is 0 Å². The molecule has 1 aromatic rings. The van der Waals surface area contributed by atoms with Gasteiger partial charge in [-0.1, -0.05) is 19.1 Å². The Labute approximate surface area is 135 Å². The zero-order valence-corrected chi connectivity index (χ0v) is 13.2. The van der Waals surface area contributed by atoms with Crippen molar-refractivity contribution in [1.29, 1.82) is 0 Å². The van der Waals surface area contributed by atoms with Crippen LogP contribution in [0, 0.1) is 5.92 Å². The molecule has 1 atom stereocenters. The number of benzene rings is 1. The third-order valence-electron chi connectivity index (χ3n) is 4.43. The van der Waals surface area contributed by atoms with Crippen LogP contribution in [0.3, 0.4) is 0 Å². The van der Waals surface area contributed by atoms with Crippen molar-refractivity contribution in [3.05, 3.63) is 35.4 Å². The SMILES string of the molecule is CC1CCCN(C(=O)NCCN2C(=O)c3ccccc3C2=O)C1. The number of amides is 4. The lowest BCUT2D eigenvalue weighted by Gasteiger charge is -2.31. The molecule has 6 heteroatoms. The fourth-order valence-electron chi connectivity index (χ4n) is 3.20. The smallest absolute Gasteiger partial charge is 0.317 e. The highest BCUT2D eigenvalue weighted by Gasteiger charge is 2.34. The molecule has 0 radical (unpaired) electrons.